The fourth-order valence-electron chi connectivity index (χ4n) is 3.83. The minimum absolute atomic E-state index is 0.0490. The maximum atomic E-state index is 12.7. The van der Waals surface area contributed by atoms with Crippen LogP contribution in [0.25, 0.3) is 0 Å². The number of benzene rings is 2. The molecular weight excluding hydrogens is 410 g/mol. The number of esters is 1. The second kappa shape index (κ2) is 10.6. The molecule has 168 valence electrons. The van der Waals surface area contributed by atoms with Gasteiger partial charge in [-0.3, -0.25) is 19.2 Å². The average Bonchev–Trinajstić information content (AvgIpc) is 2.78. The molecule has 0 saturated carbocycles. The van der Waals surface area contributed by atoms with Gasteiger partial charge in [0.1, 0.15) is 6.54 Å². The van der Waals surface area contributed by atoms with Crippen LogP contribution in [0.15, 0.2) is 48.5 Å². The third-order valence-electron chi connectivity index (χ3n) is 5.46. The van der Waals surface area contributed by atoms with Crippen molar-refractivity contribution in [1.82, 2.24) is 10.2 Å². The van der Waals surface area contributed by atoms with Gasteiger partial charge in [0.25, 0.3) is 0 Å². The van der Waals surface area contributed by atoms with Gasteiger partial charge in [0, 0.05) is 19.2 Å². The Morgan fingerprint density at radius 3 is 2.44 bits per heavy atom. The van der Waals surface area contributed by atoms with Crippen LogP contribution in [0.2, 0.25) is 0 Å². The smallest absolute Gasteiger partial charge is 0.325 e. The molecule has 1 atom stereocenters. The second-order valence-electron chi connectivity index (χ2n) is 7.66. The van der Waals surface area contributed by atoms with E-state index in [9.17, 15) is 19.2 Å². The van der Waals surface area contributed by atoms with Crippen LogP contribution in [0, 0.1) is 0 Å². The lowest BCUT2D eigenvalue weighted by atomic mass is 9.90. The van der Waals surface area contributed by atoms with Crippen molar-refractivity contribution in [1.29, 1.82) is 0 Å². The number of nitrogens with zero attached hydrogens (tertiary/aromatic N) is 1. The molecule has 8 nitrogen and oxygen atoms in total. The van der Waals surface area contributed by atoms with Crippen molar-refractivity contribution < 1.29 is 23.9 Å². The Hall–Kier alpha value is -3.68. The molecule has 0 spiro atoms. The van der Waals surface area contributed by atoms with Gasteiger partial charge in [0.05, 0.1) is 26.0 Å². The number of anilines is 1. The molecule has 3 amide bonds. The first-order chi connectivity index (χ1) is 15.4. The number of carbonyl (C=O) groups excluding carboxylic acids is 4. The first-order valence-electron chi connectivity index (χ1n) is 10.4. The predicted octanol–water partition coefficient (Wildman–Crippen LogP) is 1.99. The molecule has 0 radical (unpaired) electrons. The van der Waals surface area contributed by atoms with Gasteiger partial charge < -0.3 is 20.3 Å². The normalized spacial score (nSPS) is 14.8. The van der Waals surface area contributed by atoms with Crippen LogP contribution >= 0.6 is 0 Å². The molecule has 0 fully saturated rings. The van der Waals surface area contributed by atoms with E-state index in [1.807, 2.05) is 24.3 Å². The molecule has 0 bridgehead atoms. The first-order valence-corrected chi connectivity index (χ1v) is 10.4. The second-order valence-corrected chi connectivity index (χ2v) is 7.66. The highest BCUT2D eigenvalue weighted by Gasteiger charge is 2.30. The monoisotopic (exact) mass is 437 g/mol. The minimum Gasteiger partial charge on any atom is -0.468 e. The van der Waals surface area contributed by atoms with E-state index in [1.165, 1.54) is 14.0 Å². The van der Waals surface area contributed by atoms with Gasteiger partial charge in [0.2, 0.25) is 17.7 Å². The van der Waals surface area contributed by atoms with Gasteiger partial charge in [-0.25, -0.2) is 0 Å². The lowest BCUT2D eigenvalue weighted by Gasteiger charge is -2.36. The first kappa shape index (κ1) is 23.0. The van der Waals surface area contributed by atoms with Crippen LogP contribution in [0.5, 0.6) is 0 Å². The predicted molar refractivity (Wildman–Crippen MR) is 119 cm³/mol. The summed E-state index contributed by atoms with van der Waals surface area (Å²) in [6.07, 6.45) is 1.05. The third-order valence-corrected chi connectivity index (χ3v) is 5.46. The van der Waals surface area contributed by atoms with E-state index < -0.39 is 5.97 Å². The van der Waals surface area contributed by atoms with Crippen molar-refractivity contribution in [3.05, 3.63) is 65.2 Å². The average molecular weight is 437 g/mol. The lowest BCUT2D eigenvalue weighted by Crippen LogP contribution is -2.40. The molecule has 3 rings (SSSR count). The SMILES string of the molecule is COC(=O)CNC(=O)Cc1ccc(NC(=O)CC2c3ccccc3CCN2C(C)=O)cc1. The number of methoxy groups -OCH3 is 1. The van der Waals surface area contributed by atoms with Gasteiger partial charge in [-0.1, -0.05) is 36.4 Å². The fourth-order valence-corrected chi connectivity index (χ4v) is 3.83. The van der Waals surface area contributed by atoms with Crippen molar-refractivity contribution in [2.24, 2.45) is 0 Å². The lowest BCUT2D eigenvalue weighted by molar-refractivity contribution is -0.141. The summed E-state index contributed by atoms with van der Waals surface area (Å²) in [4.78, 5) is 49.6. The fraction of sp³-hybridized carbons (Fsp3) is 0.333. The summed E-state index contributed by atoms with van der Waals surface area (Å²) < 4.78 is 4.48. The van der Waals surface area contributed by atoms with Crippen LogP contribution in [0.4, 0.5) is 5.69 Å². The molecule has 8 heteroatoms. The number of ether oxygens (including phenoxy) is 1. The van der Waals surface area contributed by atoms with E-state index in [0.717, 1.165) is 23.1 Å². The van der Waals surface area contributed by atoms with Gasteiger partial charge in [-0.2, -0.15) is 0 Å². The molecule has 2 aromatic rings. The van der Waals surface area contributed by atoms with Gasteiger partial charge in [-0.05, 0) is 35.2 Å². The molecule has 32 heavy (non-hydrogen) atoms. The summed E-state index contributed by atoms with van der Waals surface area (Å²) in [7, 11) is 1.26. The van der Waals surface area contributed by atoms with E-state index in [1.54, 1.807) is 29.2 Å². The highest BCUT2D eigenvalue weighted by Crippen LogP contribution is 2.32. The summed E-state index contributed by atoms with van der Waals surface area (Å²) >= 11 is 0. The molecule has 2 N–H and O–H groups in total. The Kier molecular flexibility index (Phi) is 7.59. The minimum atomic E-state index is -0.514. The number of amides is 3. The molecule has 0 aromatic heterocycles. The topological polar surface area (TPSA) is 105 Å². The largest absolute Gasteiger partial charge is 0.468 e. The van der Waals surface area contributed by atoms with Crippen molar-refractivity contribution in [2.45, 2.75) is 32.2 Å². The zero-order valence-electron chi connectivity index (χ0n) is 18.2. The Balaban J connectivity index is 1.59. The molecule has 0 aliphatic carbocycles. The maximum absolute atomic E-state index is 12.7. The Bertz CT molecular complexity index is 1000. The number of rotatable bonds is 7. The summed E-state index contributed by atoms with van der Waals surface area (Å²) in [5.74, 6) is -1.05. The summed E-state index contributed by atoms with van der Waals surface area (Å²) in [5.41, 5.74) is 3.52. The van der Waals surface area contributed by atoms with Gasteiger partial charge in [0.15, 0.2) is 0 Å². The van der Waals surface area contributed by atoms with E-state index in [2.05, 4.69) is 15.4 Å². The van der Waals surface area contributed by atoms with E-state index >= 15 is 0 Å². The molecular formula is C24H27N3O5. The Labute approximate surface area is 186 Å². The summed E-state index contributed by atoms with van der Waals surface area (Å²) in [5, 5.41) is 5.35. The van der Waals surface area contributed by atoms with Crippen LogP contribution < -0.4 is 10.6 Å². The van der Waals surface area contributed by atoms with Crippen molar-refractivity contribution in [2.75, 3.05) is 25.5 Å². The highest BCUT2D eigenvalue weighted by molar-refractivity contribution is 5.92. The molecule has 1 unspecified atom stereocenters. The molecule has 1 aliphatic rings. The van der Waals surface area contributed by atoms with Crippen molar-refractivity contribution in [3.8, 4) is 0 Å². The number of hydrogen-bond acceptors (Lipinski definition) is 5. The number of carbonyl (C=O) groups is 4. The summed E-state index contributed by atoms with van der Waals surface area (Å²) in [6.45, 7) is 1.95. The van der Waals surface area contributed by atoms with Crippen molar-refractivity contribution in [3.63, 3.8) is 0 Å². The Morgan fingerprint density at radius 1 is 1.03 bits per heavy atom. The number of hydrogen-bond donors (Lipinski definition) is 2. The van der Waals surface area contributed by atoms with Gasteiger partial charge >= 0.3 is 5.97 Å². The number of nitrogens with one attached hydrogen (secondary N) is 2. The van der Waals surface area contributed by atoms with Crippen LogP contribution in [0.1, 0.15) is 36.1 Å². The standard InChI is InChI=1S/C24H27N3O5/c1-16(28)27-12-11-18-5-3-4-6-20(18)21(27)14-23(30)26-19-9-7-17(8-10-19)13-22(29)25-15-24(31)32-2/h3-10,21H,11-15H2,1-2H3,(H,25,29)(H,26,30). The number of fused-ring (bicyclic) bond motifs is 1. The van der Waals surface area contributed by atoms with Crippen molar-refractivity contribution >= 4 is 29.4 Å². The molecule has 2 aromatic carbocycles. The highest BCUT2D eigenvalue weighted by atomic mass is 16.5. The van der Waals surface area contributed by atoms with E-state index in [0.29, 0.717) is 12.2 Å². The van der Waals surface area contributed by atoms with Gasteiger partial charge in [-0.15, -0.1) is 0 Å². The molecule has 0 saturated heterocycles. The van der Waals surface area contributed by atoms with E-state index in [-0.39, 0.29) is 43.1 Å². The third kappa shape index (κ3) is 5.94. The Morgan fingerprint density at radius 2 is 1.75 bits per heavy atom. The van der Waals surface area contributed by atoms with Crippen LogP contribution in [0.3, 0.4) is 0 Å². The van der Waals surface area contributed by atoms with Crippen LogP contribution in [-0.2, 0) is 36.8 Å². The zero-order valence-corrected chi connectivity index (χ0v) is 18.2. The molecule has 1 aliphatic heterocycles. The molecule has 1 heterocycles. The summed E-state index contributed by atoms with van der Waals surface area (Å²) in [6, 6.07) is 14.5. The van der Waals surface area contributed by atoms with E-state index in [4.69, 9.17) is 0 Å². The zero-order chi connectivity index (χ0) is 23.1. The van der Waals surface area contributed by atoms with Crippen LogP contribution in [-0.4, -0.2) is 48.8 Å². The quantitative estimate of drug-likeness (QED) is 0.645. The maximum Gasteiger partial charge on any atom is 0.325 e.